The number of halogens is 1. The highest BCUT2D eigenvalue weighted by Gasteiger charge is 2.19. The highest BCUT2D eigenvalue weighted by Crippen LogP contribution is 2.25. The molecule has 0 aliphatic heterocycles. The number of hydrogen-bond donors (Lipinski definition) is 0. The summed E-state index contributed by atoms with van der Waals surface area (Å²) in [6.07, 6.45) is 1.32. The molecule has 0 radical (unpaired) electrons. The van der Waals surface area contributed by atoms with E-state index in [2.05, 4.69) is 39.9 Å². The fraction of sp³-hybridized carbons (Fsp3) is 0.500. The van der Waals surface area contributed by atoms with Gasteiger partial charge in [0.05, 0.1) is 13.5 Å². The molecular weight excluding hydrogens is 294 g/mol. The first kappa shape index (κ1) is 15.0. The Hall–Kier alpha value is -1.03. The zero-order valence-corrected chi connectivity index (χ0v) is 12.7. The Labute approximate surface area is 117 Å². The Kier molecular flexibility index (Phi) is 6.19. The molecular formula is C14H20BrNO2. The average Bonchev–Trinajstić information content (AvgIpc) is 2.43. The minimum atomic E-state index is -0.162. The van der Waals surface area contributed by atoms with Crippen molar-refractivity contribution in [2.75, 3.05) is 19.1 Å². The summed E-state index contributed by atoms with van der Waals surface area (Å²) in [5.74, 6) is -0.162. The van der Waals surface area contributed by atoms with Gasteiger partial charge < -0.3 is 9.64 Å². The summed E-state index contributed by atoms with van der Waals surface area (Å²) >= 11 is 3.49. The maximum Gasteiger partial charge on any atom is 0.307 e. The topological polar surface area (TPSA) is 29.5 Å². The molecule has 0 amide bonds. The molecule has 1 aromatic rings. The van der Waals surface area contributed by atoms with Gasteiger partial charge in [0.25, 0.3) is 0 Å². The van der Waals surface area contributed by atoms with Gasteiger partial charge in [0, 0.05) is 24.1 Å². The van der Waals surface area contributed by atoms with Crippen LogP contribution in [0.25, 0.3) is 0 Å². The highest BCUT2D eigenvalue weighted by atomic mass is 79.9. The predicted molar refractivity (Wildman–Crippen MR) is 78.2 cm³/mol. The molecule has 0 heterocycles. The van der Waals surface area contributed by atoms with Crippen molar-refractivity contribution in [3.8, 4) is 0 Å². The van der Waals surface area contributed by atoms with Crippen molar-refractivity contribution < 1.29 is 9.53 Å². The normalized spacial score (nSPS) is 12.0. The van der Waals surface area contributed by atoms with E-state index in [1.54, 1.807) is 0 Å². The molecule has 18 heavy (non-hydrogen) atoms. The lowest BCUT2D eigenvalue weighted by Crippen LogP contribution is -2.34. The number of anilines is 1. The molecule has 0 aliphatic carbocycles. The number of carbonyl (C=O) groups excluding carboxylic acids is 1. The summed E-state index contributed by atoms with van der Waals surface area (Å²) in [4.78, 5) is 13.6. The van der Waals surface area contributed by atoms with E-state index < -0.39 is 0 Å². The molecule has 1 unspecified atom stereocenters. The fourth-order valence-corrected chi connectivity index (χ4v) is 2.47. The van der Waals surface area contributed by atoms with Crippen molar-refractivity contribution in [2.24, 2.45) is 0 Å². The highest BCUT2D eigenvalue weighted by molar-refractivity contribution is 9.08. The van der Waals surface area contributed by atoms with E-state index in [0.717, 1.165) is 17.4 Å². The van der Waals surface area contributed by atoms with Crippen LogP contribution in [0, 0.1) is 0 Å². The van der Waals surface area contributed by atoms with Crippen LogP contribution in [0.15, 0.2) is 24.3 Å². The van der Waals surface area contributed by atoms with Gasteiger partial charge in [-0.1, -0.05) is 41.1 Å². The van der Waals surface area contributed by atoms with Crippen molar-refractivity contribution in [1.29, 1.82) is 0 Å². The minimum absolute atomic E-state index is 0.162. The molecule has 0 fully saturated rings. The number of para-hydroxylation sites is 1. The molecule has 0 aliphatic rings. The van der Waals surface area contributed by atoms with E-state index in [0.29, 0.717) is 6.42 Å². The number of carbonyl (C=O) groups is 1. The molecule has 100 valence electrons. The second-order valence-electron chi connectivity index (χ2n) is 4.22. The third-order valence-corrected chi connectivity index (χ3v) is 3.77. The molecule has 0 N–H and O–H groups in total. The number of rotatable bonds is 6. The average molecular weight is 314 g/mol. The van der Waals surface area contributed by atoms with E-state index in [1.165, 1.54) is 12.7 Å². The van der Waals surface area contributed by atoms with Crippen LogP contribution in [0.5, 0.6) is 0 Å². The number of hydrogen-bond acceptors (Lipinski definition) is 3. The number of nitrogens with zero attached hydrogens (tertiary/aromatic N) is 1. The molecule has 0 saturated carbocycles. The summed E-state index contributed by atoms with van der Waals surface area (Å²) < 4.78 is 4.75. The van der Waals surface area contributed by atoms with Crippen LogP contribution in [0.4, 0.5) is 5.69 Å². The van der Waals surface area contributed by atoms with E-state index in [9.17, 15) is 4.79 Å². The maximum absolute atomic E-state index is 11.4. The smallest absolute Gasteiger partial charge is 0.307 e. The number of ether oxygens (including phenoxy) is 1. The molecule has 1 rings (SSSR count). The van der Waals surface area contributed by atoms with Gasteiger partial charge in [-0.05, 0) is 18.1 Å². The van der Waals surface area contributed by atoms with Crippen molar-refractivity contribution in [2.45, 2.75) is 31.1 Å². The molecule has 4 heteroatoms. The first-order valence-corrected chi connectivity index (χ1v) is 7.19. The first-order chi connectivity index (χ1) is 8.63. The van der Waals surface area contributed by atoms with Gasteiger partial charge in [-0.3, -0.25) is 4.79 Å². The predicted octanol–water partition coefficient (Wildman–Crippen LogP) is 3.36. The van der Waals surface area contributed by atoms with Crippen LogP contribution in [-0.2, 0) is 14.9 Å². The van der Waals surface area contributed by atoms with Crippen LogP contribution >= 0.6 is 15.9 Å². The largest absolute Gasteiger partial charge is 0.469 e. The minimum Gasteiger partial charge on any atom is -0.469 e. The summed E-state index contributed by atoms with van der Waals surface area (Å²) in [5.41, 5.74) is 2.38. The van der Waals surface area contributed by atoms with Gasteiger partial charge in [0.2, 0.25) is 0 Å². The summed E-state index contributed by atoms with van der Waals surface area (Å²) in [5, 5.41) is 0.808. The monoisotopic (exact) mass is 313 g/mol. The second kappa shape index (κ2) is 7.41. The van der Waals surface area contributed by atoms with Gasteiger partial charge in [0.15, 0.2) is 0 Å². The fourth-order valence-electron chi connectivity index (χ4n) is 2.00. The number of benzene rings is 1. The van der Waals surface area contributed by atoms with Crippen LogP contribution in [0.1, 0.15) is 25.3 Å². The van der Waals surface area contributed by atoms with Crippen LogP contribution < -0.4 is 4.90 Å². The standard InChI is InChI=1S/C14H20BrNO2/c1-4-12(9-14(17)18-3)16(2)13-8-6-5-7-11(13)10-15/h5-8,12H,4,9-10H2,1-3H3. The van der Waals surface area contributed by atoms with Gasteiger partial charge >= 0.3 is 5.97 Å². The number of esters is 1. The van der Waals surface area contributed by atoms with E-state index in [4.69, 9.17) is 4.74 Å². The lowest BCUT2D eigenvalue weighted by Gasteiger charge is -2.30. The Morgan fingerprint density at radius 2 is 2.11 bits per heavy atom. The van der Waals surface area contributed by atoms with Gasteiger partial charge in [-0.2, -0.15) is 0 Å². The first-order valence-electron chi connectivity index (χ1n) is 6.07. The maximum atomic E-state index is 11.4. The van der Waals surface area contributed by atoms with Gasteiger partial charge in [-0.25, -0.2) is 0 Å². The number of methoxy groups -OCH3 is 1. The molecule has 3 nitrogen and oxygen atoms in total. The number of alkyl halides is 1. The molecule has 0 saturated heterocycles. The van der Waals surface area contributed by atoms with E-state index >= 15 is 0 Å². The van der Waals surface area contributed by atoms with Crippen LogP contribution in [0.2, 0.25) is 0 Å². The van der Waals surface area contributed by atoms with Crippen molar-refractivity contribution >= 4 is 27.6 Å². The van der Waals surface area contributed by atoms with Gasteiger partial charge in [0.1, 0.15) is 0 Å². The summed E-state index contributed by atoms with van der Waals surface area (Å²) in [6.45, 7) is 2.08. The summed E-state index contributed by atoms with van der Waals surface area (Å²) in [6, 6.07) is 8.37. The van der Waals surface area contributed by atoms with Crippen molar-refractivity contribution in [3.05, 3.63) is 29.8 Å². The van der Waals surface area contributed by atoms with Crippen LogP contribution in [0.3, 0.4) is 0 Å². The lowest BCUT2D eigenvalue weighted by molar-refractivity contribution is -0.141. The zero-order chi connectivity index (χ0) is 13.5. The molecule has 1 atom stereocenters. The SMILES string of the molecule is CCC(CC(=O)OC)N(C)c1ccccc1CBr. The Bertz CT molecular complexity index is 395. The molecule has 0 aromatic heterocycles. The quantitative estimate of drug-likeness (QED) is 0.596. The van der Waals surface area contributed by atoms with Crippen molar-refractivity contribution in [1.82, 2.24) is 0 Å². The van der Waals surface area contributed by atoms with Gasteiger partial charge in [-0.15, -0.1) is 0 Å². The van der Waals surface area contributed by atoms with E-state index in [-0.39, 0.29) is 12.0 Å². The molecule has 1 aromatic carbocycles. The second-order valence-corrected chi connectivity index (χ2v) is 4.78. The Morgan fingerprint density at radius 1 is 1.44 bits per heavy atom. The summed E-state index contributed by atoms with van der Waals surface area (Å²) in [7, 11) is 3.46. The van der Waals surface area contributed by atoms with E-state index in [1.807, 2.05) is 19.2 Å². The molecule has 0 spiro atoms. The Morgan fingerprint density at radius 3 is 2.67 bits per heavy atom. The lowest BCUT2D eigenvalue weighted by atomic mass is 10.1. The zero-order valence-electron chi connectivity index (χ0n) is 11.1. The molecule has 0 bridgehead atoms. The third kappa shape index (κ3) is 3.73. The van der Waals surface area contributed by atoms with Crippen LogP contribution in [-0.4, -0.2) is 26.2 Å². The van der Waals surface area contributed by atoms with Crippen molar-refractivity contribution in [3.63, 3.8) is 0 Å². The third-order valence-electron chi connectivity index (χ3n) is 3.16. The Balaban J connectivity index is 2.88.